The number of hydrogen-bond donors (Lipinski definition) is 2. The van der Waals surface area contributed by atoms with E-state index in [1.165, 1.54) is 7.11 Å². The Hall–Kier alpha value is -1.26. The number of hydrogen-bond acceptors (Lipinski definition) is 9. The fraction of sp³-hybridized carbons (Fsp3) is 0.900. The van der Waals surface area contributed by atoms with E-state index in [2.05, 4.69) is 0 Å². The van der Waals surface area contributed by atoms with Gasteiger partial charge in [0.05, 0.1) is 23.0 Å². The average molecular weight is 410 g/mol. The first kappa shape index (κ1) is 18.5. The summed E-state index contributed by atoms with van der Waals surface area (Å²) in [5, 5.41) is 22.4. The number of aliphatic hydroxyl groups is 2. The molecule has 4 aliphatic heterocycles. The van der Waals surface area contributed by atoms with Crippen LogP contribution in [0.15, 0.2) is 0 Å². The summed E-state index contributed by atoms with van der Waals surface area (Å²) in [5.41, 5.74) is -5.82. The molecule has 4 heterocycles. The smallest absolute Gasteiger partial charge is 0.315 e. The van der Waals surface area contributed by atoms with Crippen LogP contribution in [-0.2, 0) is 33.3 Å². The Bertz CT molecular complexity index is 855. The quantitative estimate of drug-likeness (QED) is 0.449. The van der Waals surface area contributed by atoms with Crippen molar-refractivity contribution in [3.05, 3.63) is 0 Å². The summed E-state index contributed by atoms with van der Waals surface area (Å²) in [6.07, 6.45) is -3.55. The third-order valence-corrected chi connectivity index (χ3v) is 8.98. The number of fused-ring (bicyclic) bond motifs is 6. The Morgan fingerprint density at radius 3 is 2.31 bits per heavy atom. The second-order valence-corrected chi connectivity index (χ2v) is 10.2. The van der Waals surface area contributed by atoms with Crippen molar-refractivity contribution >= 4 is 11.9 Å². The lowest BCUT2D eigenvalue weighted by Crippen LogP contribution is -2.76. The summed E-state index contributed by atoms with van der Waals surface area (Å²) >= 11 is 0. The van der Waals surface area contributed by atoms with Crippen molar-refractivity contribution in [3.8, 4) is 0 Å². The van der Waals surface area contributed by atoms with Crippen LogP contribution in [0.2, 0.25) is 0 Å². The van der Waals surface area contributed by atoms with Gasteiger partial charge < -0.3 is 33.9 Å². The van der Waals surface area contributed by atoms with E-state index in [1.54, 1.807) is 13.8 Å². The van der Waals surface area contributed by atoms with Gasteiger partial charge in [-0.3, -0.25) is 9.59 Å². The minimum atomic E-state index is -1.70. The number of epoxide rings is 2. The van der Waals surface area contributed by atoms with Crippen molar-refractivity contribution in [3.63, 3.8) is 0 Å². The second-order valence-electron chi connectivity index (χ2n) is 10.2. The molecular weight excluding hydrogens is 384 g/mol. The summed E-state index contributed by atoms with van der Waals surface area (Å²) in [6, 6.07) is 0. The first-order valence-electron chi connectivity index (χ1n) is 10.2. The molecule has 9 nitrogen and oxygen atoms in total. The average Bonchev–Trinajstić information content (AvgIpc) is 3.44. The third kappa shape index (κ3) is 1.52. The van der Waals surface area contributed by atoms with Crippen molar-refractivity contribution in [1.29, 1.82) is 0 Å². The van der Waals surface area contributed by atoms with E-state index in [0.717, 1.165) is 0 Å². The Labute approximate surface area is 167 Å². The molecule has 9 heteroatoms. The molecule has 6 aliphatic rings. The molecule has 4 saturated heterocycles. The zero-order chi connectivity index (χ0) is 20.9. The van der Waals surface area contributed by atoms with E-state index in [0.29, 0.717) is 0 Å². The monoisotopic (exact) mass is 410 g/mol. The molecule has 11 unspecified atom stereocenters. The van der Waals surface area contributed by atoms with Crippen LogP contribution in [0.4, 0.5) is 0 Å². The number of aliphatic hydroxyl groups excluding tert-OH is 1. The number of ether oxygens (including phenoxy) is 5. The first-order chi connectivity index (χ1) is 13.4. The van der Waals surface area contributed by atoms with Gasteiger partial charge in [0.25, 0.3) is 0 Å². The van der Waals surface area contributed by atoms with Gasteiger partial charge in [-0.25, -0.2) is 0 Å². The van der Waals surface area contributed by atoms with Crippen molar-refractivity contribution in [2.45, 2.75) is 87.0 Å². The highest BCUT2D eigenvalue weighted by atomic mass is 16.7. The molecular formula is C20H26O9. The van der Waals surface area contributed by atoms with Crippen LogP contribution in [0.25, 0.3) is 0 Å². The van der Waals surface area contributed by atoms with Gasteiger partial charge in [0.1, 0.15) is 29.8 Å². The highest BCUT2D eigenvalue weighted by Gasteiger charge is 2.99. The molecule has 2 N–H and O–H groups in total. The zero-order valence-electron chi connectivity index (χ0n) is 17.0. The van der Waals surface area contributed by atoms with Crippen LogP contribution in [0.1, 0.15) is 34.1 Å². The second kappa shape index (κ2) is 4.65. The number of carbonyl (C=O) groups is 2. The number of carbonyl (C=O) groups excluding carboxylic acids is 2. The van der Waals surface area contributed by atoms with Crippen LogP contribution >= 0.6 is 0 Å². The van der Waals surface area contributed by atoms with Gasteiger partial charge in [-0.05, 0) is 20.8 Å². The van der Waals surface area contributed by atoms with Gasteiger partial charge in [-0.1, -0.05) is 6.92 Å². The van der Waals surface area contributed by atoms with Gasteiger partial charge in [-0.2, -0.15) is 0 Å². The lowest BCUT2D eigenvalue weighted by molar-refractivity contribution is -0.282. The standard InChI is InChI=1S/C20H26O9/c1-7(21)8-6-18(28-14(8)22)11-12(26-11)19(24)9-15(23)27-13(10(25-5)17(18,19)4)20(9)16(2,3)29-20/h7-13,21,24H,6H2,1-5H3. The topological polar surface area (TPSA) is 127 Å². The van der Waals surface area contributed by atoms with Crippen LogP contribution < -0.4 is 0 Å². The zero-order valence-corrected chi connectivity index (χ0v) is 17.0. The molecule has 0 aromatic carbocycles. The van der Waals surface area contributed by atoms with Crippen molar-refractivity contribution < 1.29 is 43.5 Å². The third-order valence-electron chi connectivity index (χ3n) is 8.98. The minimum Gasteiger partial charge on any atom is -0.456 e. The molecule has 0 radical (unpaired) electrons. The van der Waals surface area contributed by atoms with Gasteiger partial charge in [-0.15, -0.1) is 0 Å². The van der Waals surface area contributed by atoms with Gasteiger partial charge in [0, 0.05) is 13.5 Å². The van der Waals surface area contributed by atoms with Gasteiger partial charge in [0.2, 0.25) is 0 Å². The normalized spacial score (nSPS) is 61.3. The van der Waals surface area contributed by atoms with Crippen LogP contribution in [0.5, 0.6) is 0 Å². The number of methoxy groups -OCH3 is 1. The van der Waals surface area contributed by atoms with E-state index in [1.807, 2.05) is 13.8 Å². The van der Waals surface area contributed by atoms with Crippen molar-refractivity contribution in [1.82, 2.24) is 0 Å². The molecule has 2 spiro atoms. The highest BCUT2D eigenvalue weighted by molar-refractivity contribution is 5.83. The lowest BCUT2D eigenvalue weighted by atomic mass is 9.50. The number of rotatable bonds is 2. The Morgan fingerprint density at radius 2 is 1.79 bits per heavy atom. The molecule has 2 saturated carbocycles. The predicted molar refractivity (Wildman–Crippen MR) is 92.4 cm³/mol. The maximum absolute atomic E-state index is 13.0. The molecule has 0 aromatic heterocycles. The summed E-state index contributed by atoms with van der Waals surface area (Å²) in [4.78, 5) is 25.7. The molecule has 160 valence electrons. The largest absolute Gasteiger partial charge is 0.456 e. The SMILES string of the molecule is COC1C2OC(=O)C(C3(O)C4OC4C4(CC(C(C)O)C(=O)O4)C13C)C21OC1(C)C. The predicted octanol–water partition coefficient (Wildman–Crippen LogP) is -0.695. The maximum atomic E-state index is 13.0. The van der Waals surface area contributed by atoms with E-state index >= 15 is 0 Å². The van der Waals surface area contributed by atoms with E-state index in [-0.39, 0.29) is 6.42 Å². The van der Waals surface area contributed by atoms with E-state index < -0.39 is 82.1 Å². The molecule has 11 atom stereocenters. The van der Waals surface area contributed by atoms with E-state index in [4.69, 9.17) is 23.7 Å². The highest BCUT2D eigenvalue weighted by Crippen LogP contribution is 2.79. The van der Waals surface area contributed by atoms with Gasteiger partial charge >= 0.3 is 11.9 Å². The molecule has 6 rings (SSSR count). The Kier molecular flexibility index (Phi) is 2.97. The first-order valence-corrected chi connectivity index (χ1v) is 10.2. The fourth-order valence-electron chi connectivity index (χ4n) is 7.51. The van der Waals surface area contributed by atoms with Crippen LogP contribution in [0.3, 0.4) is 0 Å². The molecule has 0 amide bonds. The van der Waals surface area contributed by atoms with Crippen LogP contribution in [0, 0.1) is 17.3 Å². The van der Waals surface area contributed by atoms with Crippen molar-refractivity contribution in [2.75, 3.05) is 7.11 Å². The minimum absolute atomic E-state index is 0.175. The lowest BCUT2D eigenvalue weighted by Gasteiger charge is -2.57. The summed E-state index contributed by atoms with van der Waals surface area (Å²) in [7, 11) is 1.49. The summed E-state index contributed by atoms with van der Waals surface area (Å²) in [5.74, 6) is -2.80. The fourth-order valence-corrected chi connectivity index (χ4v) is 7.51. The summed E-state index contributed by atoms with van der Waals surface area (Å²) < 4.78 is 29.5. The Balaban J connectivity index is 1.57. The maximum Gasteiger partial charge on any atom is 0.315 e. The number of esters is 2. The van der Waals surface area contributed by atoms with E-state index in [9.17, 15) is 19.8 Å². The van der Waals surface area contributed by atoms with Crippen molar-refractivity contribution in [2.24, 2.45) is 17.3 Å². The molecule has 29 heavy (non-hydrogen) atoms. The Morgan fingerprint density at radius 1 is 1.14 bits per heavy atom. The molecule has 2 bridgehead atoms. The van der Waals surface area contributed by atoms with Crippen LogP contribution in [-0.4, -0.2) is 82.2 Å². The summed E-state index contributed by atoms with van der Waals surface area (Å²) in [6.45, 7) is 7.06. The molecule has 0 aromatic rings. The molecule has 6 fully saturated rings. The molecule has 2 aliphatic carbocycles. The van der Waals surface area contributed by atoms with Gasteiger partial charge in [0.15, 0.2) is 17.3 Å².